The van der Waals surface area contributed by atoms with Gasteiger partial charge in [0.1, 0.15) is 6.61 Å². The van der Waals surface area contributed by atoms with Crippen LogP contribution in [-0.2, 0) is 25.6 Å². The van der Waals surface area contributed by atoms with Gasteiger partial charge in [0, 0.05) is 10.5 Å². The normalized spacial score (nSPS) is 11.1. The minimum Gasteiger partial charge on any atom is -0.460 e. The summed E-state index contributed by atoms with van der Waals surface area (Å²) in [6.45, 7) is 9.34. The summed E-state index contributed by atoms with van der Waals surface area (Å²) < 4.78 is 16.4. The summed E-state index contributed by atoms with van der Waals surface area (Å²) in [5.41, 5.74) is 1.60. The van der Waals surface area contributed by atoms with Crippen molar-refractivity contribution in [3.63, 3.8) is 0 Å². The topological polar surface area (TPSA) is 44.8 Å². The number of carbonyl (C=O) groups excluding carboxylic acids is 1. The summed E-state index contributed by atoms with van der Waals surface area (Å²) in [6.07, 6.45) is 0. The molecular formula is C25H28O4S. The predicted octanol–water partition coefficient (Wildman–Crippen LogP) is 5.76. The fourth-order valence-electron chi connectivity index (χ4n) is 3.26. The van der Waals surface area contributed by atoms with Gasteiger partial charge in [0.2, 0.25) is 0 Å². The van der Waals surface area contributed by atoms with Gasteiger partial charge in [-0.3, -0.25) is 0 Å². The monoisotopic (exact) mass is 424 g/mol. The van der Waals surface area contributed by atoms with Gasteiger partial charge in [-0.25, -0.2) is 4.79 Å². The highest BCUT2D eigenvalue weighted by molar-refractivity contribution is 7.99. The van der Waals surface area contributed by atoms with Crippen LogP contribution in [0.1, 0.15) is 19.4 Å². The lowest BCUT2D eigenvalue weighted by Gasteiger charge is -2.13. The molecule has 0 spiro atoms. The van der Waals surface area contributed by atoms with Gasteiger partial charge in [-0.2, -0.15) is 0 Å². The lowest BCUT2D eigenvalue weighted by atomic mass is 9.97. The first-order chi connectivity index (χ1) is 14.6. The zero-order chi connectivity index (χ0) is 21.3. The number of hydrogen-bond donors (Lipinski definition) is 0. The van der Waals surface area contributed by atoms with Crippen molar-refractivity contribution in [3.8, 4) is 0 Å². The van der Waals surface area contributed by atoms with E-state index in [1.165, 1.54) is 32.0 Å². The van der Waals surface area contributed by atoms with Crippen LogP contribution in [0.25, 0.3) is 21.5 Å². The second-order valence-electron chi connectivity index (χ2n) is 6.97. The molecule has 0 aromatic heterocycles. The van der Waals surface area contributed by atoms with Crippen molar-refractivity contribution in [2.45, 2.75) is 25.3 Å². The molecule has 5 heteroatoms. The van der Waals surface area contributed by atoms with Gasteiger partial charge in [0.15, 0.2) is 0 Å². The molecule has 0 aliphatic rings. The van der Waals surface area contributed by atoms with Crippen molar-refractivity contribution >= 4 is 39.3 Å². The Kier molecular flexibility index (Phi) is 8.31. The summed E-state index contributed by atoms with van der Waals surface area (Å²) in [6, 6.07) is 17.3. The average molecular weight is 425 g/mol. The Bertz CT molecular complexity index is 1030. The Morgan fingerprint density at radius 1 is 0.933 bits per heavy atom. The van der Waals surface area contributed by atoms with E-state index in [0.29, 0.717) is 32.0 Å². The molecule has 0 aliphatic carbocycles. The number of esters is 1. The third-order valence-electron chi connectivity index (χ3n) is 4.69. The number of fused-ring (bicyclic) bond motifs is 2. The third-order valence-corrected chi connectivity index (χ3v) is 5.56. The number of benzene rings is 3. The molecule has 0 heterocycles. The van der Waals surface area contributed by atoms with Crippen LogP contribution < -0.4 is 0 Å². The van der Waals surface area contributed by atoms with Gasteiger partial charge in [0.25, 0.3) is 0 Å². The van der Waals surface area contributed by atoms with E-state index in [4.69, 9.17) is 14.2 Å². The zero-order valence-electron chi connectivity index (χ0n) is 17.6. The minimum absolute atomic E-state index is 0.220. The van der Waals surface area contributed by atoms with E-state index in [-0.39, 0.29) is 6.61 Å². The molecule has 0 N–H and O–H groups in total. The van der Waals surface area contributed by atoms with E-state index >= 15 is 0 Å². The summed E-state index contributed by atoms with van der Waals surface area (Å²) in [7, 11) is 0. The minimum atomic E-state index is -0.390. The average Bonchev–Trinajstić information content (AvgIpc) is 2.75. The highest BCUT2D eigenvalue weighted by Crippen LogP contribution is 2.32. The number of ether oxygens (including phenoxy) is 3. The zero-order valence-corrected chi connectivity index (χ0v) is 18.4. The van der Waals surface area contributed by atoms with Gasteiger partial charge in [-0.1, -0.05) is 43.8 Å². The highest BCUT2D eigenvalue weighted by Gasteiger charge is 2.09. The van der Waals surface area contributed by atoms with Crippen LogP contribution in [0, 0.1) is 0 Å². The molecule has 3 rings (SSSR count). The van der Waals surface area contributed by atoms with Crippen LogP contribution in [0.15, 0.2) is 65.6 Å². The largest absolute Gasteiger partial charge is 0.460 e. The maximum Gasteiger partial charge on any atom is 0.333 e. The van der Waals surface area contributed by atoms with E-state index in [1.807, 2.05) is 11.8 Å². The molecule has 3 aromatic carbocycles. The van der Waals surface area contributed by atoms with Gasteiger partial charge in [-0.15, -0.1) is 11.8 Å². The van der Waals surface area contributed by atoms with Crippen molar-refractivity contribution in [2.75, 3.05) is 32.2 Å². The van der Waals surface area contributed by atoms with Crippen molar-refractivity contribution < 1.29 is 19.0 Å². The van der Waals surface area contributed by atoms with Gasteiger partial charge < -0.3 is 14.2 Å². The molecule has 3 aromatic rings. The van der Waals surface area contributed by atoms with Crippen molar-refractivity contribution in [2.24, 2.45) is 0 Å². The summed E-state index contributed by atoms with van der Waals surface area (Å²) in [5.74, 6) is 0.655. The summed E-state index contributed by atoms with van der Waals surface area (Å²) in [4.78, 5) is 12.6. The molecule has 0 radical (unpaired) electrons. The first-order valence-corrected chi connectivity index (χ1v) is 11.1. The first-order valence-electron chi connectivity index (χ1n) is 10.2. The van der Waals surface area contributed by atoms with E-state index in [1.54, 1.807) is 6.92 Å². The quantitative estimate of drug-likeness (QED) is 0.129. The lowest BCUT2D eigenvalue weighted by molar-refractivity contribution is -0.140. The predicted molar refractivity (Wildman–Crippen MR) is 124 cm³/mol. The standard InChI is InChI=1S/C25H28O4S/c1-4-30-21-10-9-20-15-19-7-5-6-8-22(19)24(23(20)16-21)17-28-12-11-27-13-14-29-25(26)18(2)3/h5-10,15-16H,2,4,11-14,17H2,1,3H3. The summed E-state index contributed by atoms with van der Waals surface area (Å²) >= 11 is 1.85. The van der Waals surface area contributed by atoms with Crippen molar-refractivity contribution in [1.82, 2.24) is 0 Å². The molecule has 0 bridgehead atoms. The molecule has 0 saturated heterocycles. The Morgan fingerprint density at radius 2 is 1.67 bits per heavy atom. The van der Waals surface area contributed by atoms with Crippen LogP contribution in [-0.4, -0.2) is 38.1 Å². The summed E-state index contributed by atoms with van der Waals surface area (Å²) in [5, 5.41) is 4.90. The third kappa shape index (κ3) is 5.85. The molecule has 0 unspecified atom stereocenters. The van der Waals surface area contributed by atoms with Crippen LogP contribution in [0.5, 0.6) is 0 Å². The number of carbonyl (C=O) groups is 1. The van der Waals surface area contributed by atoms with E-state index in [9.17, 15) is 4.79 Å². The number of rotatable bonds is 11. The molecule has 4 nitrogen and oxygen atoms in total. The lowest BCUT2D eigenvalue weighted by Crippen LogP contribution is -2.13. The van der Waals surface area contributed by atoms with Crippen LogP contribution >= 0.6 is 11.8 Å². The first kappa shape index (κ1) is 22.3. The molecule has 158 valence electrons. The van der Waals surface area contributed by atoms with Gasteiger partial charge in [0.05, 0.1) is 26.4 Å². The maximum absolute atomic E-state index is 11.3. The fraction of sp³-hybridized carbons (Fsp3) is 0.320. The molecule has 0 saturated carbocycles. The van der Waals surface area contributed by atoms with Crippen LogP contribution in [0.3, 0.4) is 0 Å². The Balaban J connectivity index is 1.62. The Morgan fingerprint density at radius 3 is 2.47 bits per heavy atom. The maximum atomic E-state index is 11.3. The molecular weight excluding hydrogens is 396 g/mol. The molecule has 30 heavy (non-hydrogen) atoms. The fourth-order valence-corrected chi connectivity index (χ4v) is 3.95. The Labute approximate surface area is 182 Å². The molecule has 0 fully saturated rings. The van der Waals surface area contributed by atoms with Crippen LogP contribution in [0.4, 0.5) is 0 Å². The number of hydrogen-bond acceptors (Lipinski definition) is 5. The highest BCUT2D eigenvalue weighted by atomic mass is 32.2. The molecule has 0 amide bonds. The van der Waals surface area contributed by atoms with Gasteiger partial charge in [-0.05, 0) is 58.0 Å². The number of thioether (sulfide) groups is 1. The van der Waals surface area contributed by atoms with Crippen molar-refractivity contribution in [3.05, 3.63) is 66.2 Å². The van der Waals surface area contributed by atoms with E-state index in [2.05, 4.69) is 62.0 Å². The van der Waals surface area contributed by atoms with Crippen molar-refractivity contribution in [1.29, 1.82) is 0 Å². The van der Waals surface area contributed by atoms with E-state index in [0.717, 1.165) is 5.75 Å². The molecule has 0 aliphatic heterocycles. The van der Waals surface area contributed by atoms with Crippen LogP contribution in [0.2, 0.25) is 0 Å². The second-order valence-corrected chi connectivity index (χ2v) is 8.31. The van der Waals surface area contributed by atoms with Gasteiger partial charge >= 0.3 is 5.97 Å². The molecule has 0 atom stereocenters. The van der Waals surface area contributed by atoms with E-state index < -0.39 is 5.97 Å². The Hall–Kier alpha value is -2.34. The smallest absolute Gasteiger partial charge is 0.333 e. The SMILES string of the molecule is C=C(C)C(=O)OCCOCCOCc1c2ccccc2cc2ccc(SCC)cc12. The second kappa shape index (κ2) is 11.2.